The van der Waals surface area contributed by atoms with Crippen molar-refractivity contribution in [2.75, 3.05) is 27.3 Å². The first-order chi connectivity index (χ1) is 13.3. The van der Waals surface area contributed by atoms with Gasteiger partial charge in [-0.2, -0.15) is 5.10 Å². The van der Waals surface area contributed by atoms with E-state index in [1.807, 2.05) is 22.9 Å². The van der Waals surface area contributed by atoms with Crippen LogP contribution >= 0.6 is 0 Å². The highest BCUT2D eigenvalue weighted by atomic mass is 16.5. The molecule has 0 fully saturated rings. The van der Waals surface area contributed by atoms with Gasteiger partial charge in [0.15, 0.2) is 11.8 Å². The van der Waals surface area contributed by atoms with E-state index < -0.39 is 0 Å². The highest BCUT2D eigenvalue weighted by molar-refractivity contribution is 5.79. The SMILES string of the molecule is CN=C(NCCOCc1ccccc1)NC1CCc2nc(COC)nn2C1. The highest BCUT2D eigenvalue weighted by Crippen LogP contribution is 2.13. The Kier molecular flexibility index (Phi) is 7.18. The number of aliphatic imine (C=N–C) groups is 1. The Hall–Kier alpha value is -2.45. The van der Waals surface area contributed by atoms with Gasteiger partial charge >= 0.3 is 0 Å². The van der Waals surface area contributed by atoms with Gasteiger partial charge in [0.25, 0.3) is 0 Å². The topological polar surface area (TPSA) is 85.6 Å². The number of hydrogen-bond donors (Lipinski definition) is 2. The molecule has 1 unspecified atom stereocenters. The van der Waals surface area contributed by atoms with E-state index in [1.54, 1.807) is 14.2 Å². The van der Waals surface area contributed by atoms with Crippen LogP contribution in [0.2, 0.25) is 0 Å². The number of fused-ring (bicyclic) bond motifs is 1. The first kappa shape index (κ1) is 19.3. The van der Waals surface area contributed by atoms with Crippen molar-refractivity contribution in [3.63, 3.8) is 0 Å². The number of nitrogens with one attached hydrogen (secondary N) is 2. The average Bonchev–Trinajstić information content (AvgIpc) is 3.09. The van der Waals surface area contributed by atoms with Gasteiger partial charge in [-0.05, 0) is 12.0 Å². The second kappa shape index (κ2) is 10.0. The molecule has 0 saturated carbocycles. The molecule has 0 spiro atoms. The molecule has 1 aliphatic heterocycles. The van der Waals surface area contributed by atoms with Gasteiger partial charge in [-0.15, -0.1) is 0 Å². The van der Waals surface area contributed by atoms with Crippen molar-refractivity contribution in [3.05, 3.63) is 47.5 Å². The van der Waals surface area contributed by atoms with Crippen LogP contribution < -0.4 is 10.6 Å². The van der Waals surface area contributed by atoms with Gasteiger partial charge in [0.05, 0.1) is 19.8 Å². The zero-order valence-corrected chi connectivity index (χ0v) is 16.0. The first-order valence-electron chi connectivity index (χ1n) is 9.29. The Morgan fingerprint density at radius 1 is 1.30 bits per heavy atom. The molecule has 8 heteroatoms. The third-order valence-electron chi connectivity index (χ3n) is 4.39. The fraction of sp³-hybridized carbons (Fsp3) is 0.526. The molecule has 146 valence electrons. The minimum absolute atomic E-state index is 0.269. The van der Waals surface area contributed by atoms with E-state index in [4.69, 9.17) is 9.47 Å². The van der Waals surface area contributed by atoms with E-state index >= 15 is 0 Å². The second-order valence-corrected chi connectivity index (χ2v) is 6.48. The summed E-state index contributed by atoms with van der Waals surface area (Å²) in [6.45, 7) is 3.16. The van der Waals surface area contributed by atoms with Gasteiger partial charge in [0.2, 0.25) is 0 Å². The van der Waals surface area contributed by atoms with Crippen LogP contribution in [0.1, 0.15) is 23.6 Å². The van der Waals surface area contributed by atoms with E-state index in [1.165, 1.54) is 5.56 Å². The van der Waals surface area contributed by atoms with Crippen molar-refractivity contribution in [2.45, 2.75) is 38.6 Å². The number of ether oxygens (including phenoxy) is 2. The Balaban J connectivity index is 1.38. The van der Waals surface area contributed by atoms with Gasteiger partial charge in [-0.1, -0.05) is 30.3 Å². The van der Waals surface area contributed by atoms with Gasteiger partial charge < -0.3 is 20.1 Å². The minimum Gasteiger partial charge on any atom is -0.377 e. The molecule has 1 aromatic carbocycles. The molecular weight excluding hydrogens is 344 g/mol. The highest BCUT2D eigenvalue weighted by Gasteiger charge is 2.22. The lowest BCUT2D eigenvalue weighted by molar-refractivity contribution is 0.125. The van der Waals surface area contributed by atoms with Crippen LogP contribution in [0.25, 0.3) is 0 Å². The molecule has 0 aliphatic carbocycles. The minimum atomic E-state index is 0.269. The van der Waals surface area contributed by atoms with Crippen LogP contribution in [0.15, 0.2) is 35.3 Å². The van der Waals surface area contributed by atoms with Gasteiger partial charge in [0.1, 0.15) is 12.4 Å². The summed E-state index contributed by atoms with van der Waals surface area (Å²) >= 11 is 0. The standard InChI is InChI=1S/C19H28N6O2/c1-20-19(21-10-11-27-13-15-6-4-3-5-7-15)22-16-8-9-18-23-17(14-26-2)24-25(18)12-16/h3-7,16H,8-14H2,1-2H3,(H2,20,21,22). The van der Waals surface area contributed by atoms with Crippen LogP contribution in [-0.2, 0) is 35.7 Å². The van der Waals surface area contributed by atoms with Crippen molar-refractivity contribution in [1.29, 1.82) is 0 Å². The molecule has 27 heavy (non-hydrogen) atoms. The summed E-state index contributed by atoms with van der Waals surface area (Å²) in [7, 11) is 3.43. The molecule has 0 bridgehead atoms. The second-order valence-electron chi connectivity index (χ2n) is 6.48. The maximum absolute atomic E-state index is 5.70. The summed E-state index contributed by atoms with van der Waals surface area (Å²) in [6, 6.07) is 10.4. The van der Waals surface area contributed by atoms with E-state index in [-0.39, 0.29) is 6.04 Å². The summed E-state index contributed by atoms with van der Waals surface area (Å²) in [5.41, 5.74) is 1.18. The van der Waals surface area contributed by atoms with Crippen molar-refractivity contribution in [1.82, 2.24) is 25.4 Å². The van der Waals surface area contributed by atoms with E-state index in [0.29, 0.717) is 26.4 Å². The molecule has 2 N–H and O–H groups in total. The molecule has 3 rings (SSSR count). The number of nitrogens with zero attached hydrogens (tertiary/aromatic N) is 4. The fourth-order valence-corrected chi connectivity index (χ4v) is 3.06. The van der Waals surface area contributed by atoms with E-state index in [9.17, 15) is 0 Å². The summed E-state index contributed by atoms with van der Waals surface area (Å²) in [4.78, 5) is 8.81. The van der Waals surface area contributed by atoms with Crippen LogP contribution in [0, 0.1) is 0 Å². The maximum Gasteiger partial charge on any atom is 0.191 e. The van der Waals surface area contributed by atoms with Crippen LogP contribution in [0.5, 0.6) is 0 Å². The Bertz CT molecular complexity index is 731. The lowest BCUT2D eigenvalue weighted by Crippen LogP contribution is -2.47. The summed E-state index contributed by atoms with van der Waals surface area (Å²) in [5.74, 6) is 2.55. The molecule has 8 nitrogen and oxygen atoms in total. The molecule has 0 radical (unpaired) electrons. The van der Waals surface area contributed by atoms with E-state index in [2.05, 4.69) is 37.8 Å². The Morgan fingerprint density at radius 3 is 2.93 bits per heavy atom. The van der Waals surface area contributed by atoms with Crippen molar-refractivity contribution < 1.29 is 9.47 Å². The van der Waals surface area contributed by atoms with Crippen molar-refractivity contribution in [3.8, 4) is 0 Å². The number of rotatable bonds is 8. The molecule has 1 aromatic heterocycles. The molecular formula is C19H28N6O2. The molecule has 1 aliphatic rings. The largest absolute Gasteiger partial charge is 0.377 e. The number of benzene rings is 1. The number of guanidine groups is 1. The quantitative estimate of drug-likeness (QED) is 0.410. The number of aromatic nitrogens is 3. The Morgan fingerprint density at radius 2 is 2.15 bits per heavy atom. The monoisotopic (exact) mass is 372 g/mol. The zero-order chi connectivity index (χ0) is 18.9. The van der Waals surface area contributed by atoms with Gasteiger partial charge in [-0.25, -0.2) is 9.67 Å². The van der Waals surface area contributed by atoms with Crippen LogP contribution in [-0.4, -0.2) is 54.1 Å². The average molecular weight is 372 g/mol. The predicted octanol–water partition coefficient (Wildman–Crippen LogP) is 1.12. The summed E-state index contributed by atoms with van der Waals surface area (Å²) in [6.07, 6.45) is 1.89. The smallest absolute Gasteiger partial charge is 0.191 e. The fourth-order valence-electron chi connectivity index (χ4n) is 3.06. The number of methoxy groups -OCH3 is 1. The lowest BCUT2D eigenvalue weighted by atomic mass is 10.1. The molecule has 2 aromatic rings. The molecule has 1 atom stereocenters. The van der Waals surface area contributed by atoms with Crippen LogP contribution in [0.3, 0.4) is 0 Å². The predicted molar refractivity (Wildman–Crippen MR) is 103 cm³/mol. The molecule has 2 heterocycles. The summed E-state index contributed by atoms with van der Waals surface area (Å²) < 4.78 is 12.8. The summed E-state index contributed by atoms with van der Waals surface area (Å²) in [5, 5.41) is 11.3. The van der Waals surface area contributed by atoms with Gasteiger partial charge in [-0.3, -0.25) is 4.99 Å². The van der Waals surface area contributed by atoms with Crippen LogP contribution in [0.4, 0.5) is 0 Å². The first-order valence-corrected chi connectivity index (χ1v) is 9.29. The maximum atomic E-state index is 5.70. The van der Waals surface area contributed by atoms with E-state index in [0.717, 1.165) is 37.0 Å². The lowest BCUT2D eigenvalue weighted by Gasteiger charge is -2.25. The van der Waals surface area contributed by atoms with Gasteiger partial charge in [0, 0.05) is 33.2 Å². The van der Waals surface area contributed by atoms with Crippen molar-refractivity contribution in [2.24, 2.45) is 4.99 Å². The number of aryl methyl sites for hydroxylation is 1. The normalized spacial score (nSPS) is 16.8. The molecule has 0 saturated heterocycles. The number of hydrogen-bond acceptors (Lipinski definition) is 5. The third kappa shape index (κ3) is 5.77. The Labute approximate surface area is 160 Å². The van der Waals surface area contributed by atoms with Crippen molar-refractivity contribution >= 4 is 5.96 Å². The zero-order valence-electron chi connectivity index (χ0n) is 16.0. The third-order valence-corrected chi connectivity index (χ3v) is 4.39. The molecule has 0 amide bonds.